The van der Waals surface area contributed by atoms with Gasteiger partial charge in [-0.05, 0) is 0 Å². The summed E-state index contributed by atoms with van der Waals surface area (Å²) in [6.07, 6.45) is -10.2. The zero-order valence-corrected chi connectivity index (χ0v) is 8.74. The van der Waals surface area contributed by atoms with E-state index in [2.05, 4.69) is 0 Å². The third-order valence-electron chi connectivity index (χ3n) is 2.49. The molecule has 0 saturated heterocycles. The molecule has 0 aromatic carbocycles. The summed E-state index contributed by atoms with van der Waals surface area (Å²) in [7, 11) is 0. The van der Waals surface area contributed by atoms with E-state index in [0.717, 1.165) is 12.1 Å². The molecule has 0 atom stereocenters. The largest absolute Gasteiger partial charge is 0.414 e. The molecule has 0 unspecified atom stereocenters. The summed E-state index contributed by atoms with van der Waals surface area (Å²) in [5, 5.41) is 17.1. The van der Waals surface area contributed by atoms with E-state index in [9.17, 15) is 26.3 Å². The van der Waals surface area contributed by atoms with Gasteiger partial charge in [0, 0.05) is 5.92 Å². The molecule has 96 valence electrons. The van der Waals surface area contributed by atoms with Crippen molar-refractivity contribution in [2.45, 2.75) is 19.3 Å². The molecule has 0 spiro atoms. The Morgan fingerprint density at radius 1 is 0.833 bits per heavy atom. The van der Waals surface area contributed by atoms with Crippen LogP contribution in [0.2, 0.25) is 0 Å². The highest BCUT2D eigenvalue weighted by atomic mass is 19.4. The normalized spacial score (nSPS) is 18.1. The summed E-state index contributed by atoms with van der Waals surface area (Å²) >= 11 is 0. The van der Waals surface area contributed by atoms with Crippen molar-refractivity contribution in [1.82, 2.24) is 0 Å². The Labute approximate surface area is 97.4 Å². The van der Waals surface area contributed by atoms with Crippen LogP contribution in [0, 0.1) is 28.6 Å². The van der Waals surface area contributed by atoms with Crippen molar-refractivity contribution in [2.75, 3.05) is 0 Å². The van der Waals surface area contributed by atoms with Crippen LogP contribution < -0.4 is 0 Å². The predicted molar refractivity (Wildman–Crippen MR) is 46.6 cm³/mol. The number of nitriles is 2. The van der Waals surface area contributed by atoms with E-state index in [-0.39, 0.29) is 0 Å². The highest BCUT2D eigenvalue weighted by molar-refractivity contribution is 5.64. The Morgan fingerprint density at radius 2 is 1.11 bits per heavy atom. The molecular weight excluding hydrogens is 262 g/mol. The van der Waals surface area contributed by atoms with Crippen LogP contribution in [-0.4, -0.2) is 12.4 Å². The SMILES string of the molecule is CC1C(C(F)(F)F)=C(C#N)C(C#N)=C1C(F)(F)F. The number of hydrogen-bond donors (Lipinski definition) is 0. The lowest BCUT2D eigenvalue weighted by Crippen LogP contribution is -2.23. The minimum atomic E-state index is -5.08. The van der Waals surface area contributed by atoms with E-state index in [0.29, 0.717) is 6.92 Å². The van der Waals surface area contributed by atoms with Gasteiger partial charge >= 0.3 is 12.4 Å². The molecule has 0 heterocycles. The number of rotatable bonds is 0. The molecule has 0 aromatic heterocycles. The second-order valence-electron chi connectivity index (χ2n) is 3.52. The van der Waals surface area contributed by atoms with Gasteiger partial charge in [-0.1, -0.05) is 6.92 Å². The van der Waals surface area contributed by atoms with Gasteiger partial charge in [0.1, 0.15) is 12.1 Å². The van der Waals surface area contributed by atoms with Gasteiger partial charge in [-0.15, -0.1) is 0 Å². The van der Waals surface area contributed by atoms with Crippen molar-refractivity contribution >= 4 is 0 Å². The van der Waals surface area contributed by atoms with Crippen LogP contribution >= 0.6 is 0 Å². The van der Waals surface area contributed by atoms with Gasteiger partial charge in [0.25, 0.3) is 0 Å². The molecule has 0 fully saturated rings. The minimum absolute atomic E-state index is 0.674. The lowest BCUT2D eigenvalue weighted by atomic mass is 9.96. The third kappa shape index (κ3) is 2.06. The average Bonchev–Trinajstić information content (AvgIpc) is 2.48. The van der Waals surface area contributed by atoms with Crippen molar-refractivity contribution in [1.29, 1.82) is 10.5 Å². The molecule has 1 aliphatic carbocycles. The molecule has 0 radical (unpaired) electrons. The molecule has 0 bridgehead atoms. The zero-order chi connectivity index (χ0) is 14.3. The van der Waals surface area contributed by atoms with Gasteiger partial charge in [-0.3, -0.25) is 0 Å². The van der Waals surface area contributed by atoms with Crippen molar-refractivity contribution < 1.29 is 26.3 Å². The van der Waals surface area contributed by atoms with Crippen LogP contribution in [0.15, 0.2) is 22.3 Å². The maximum Gasteiger partial charge on any atom is 0.414 e. The summed E-state index contributed by atoms with van der Waals surface area (Å²) in [6, 6.07) is 2.07. The zero-order valence-electron chi connectivity index (χ0n) is 8.74. The summed E-state index contributed by atoms with van der Waals surface area (Å²) in [5.74, 6) is -2.07. The van der Waals surface area contributed by atoms with Crippen molar-refractivity contribution in [2.24, 2.45) is 5.92 Å². The second kappa shape index (κ2) is 4.05. The summed E-state index contributed by atoms with van der Waals surface area (Å²) in [5.41, 5.74) is -5.72. The van der Waals surface area contributed by atoms with Gasteiger partial charge in [0.2, 0.25) is 0 Å². The number of allylic oxidation sites excluding steroid dienone is 4. The summed E-state index contributed by atoms with van der Waals surface area (Å²) < 4.78 is 75.6. The smallest absolute Gasteiger partial charge is 0.192 e. The lowest BCUT2D eigenvalue weighted by Gasteiger charge is -2.18. The molecule has 0 aliphatic heterocycles. The van der Waals surface area contributed by atoms with Gasteiger partial charge in [-0.2, -0.15) is 36.9 Å². The van der Waals surface area contributed by atoms with Crippen molar-refractivity contribution in [3.05, 3.63) is 22.3 Å². The summed E-state index contributed by atoms with van der Waals surface area (Å²) in [6.45, 7) is 0.674. The fourth-order valence-corrected chi connectivity index (χ4v) is 1.85. The first-order valence-electron chi connectivity index (χ1n) is 4.49. The molecule has 0 aromatic rings. The predicted octanol–water partition coefficient (Wildman–Crippen LogP) is 3.40. The van der Waals surface area contributed by atoms with Gasteiger partial charge in [0.15, 0.2) is 0 Å². The van der Waals surface area contributed by atoms with Crippen LogP contribution in [0.4, 0.5) is 26.3 Å². The van der Waals surface area contributed by atoms with Gasteiger partial charge in [-0.25, -0.2) is 0 Å². The van der Waals surface area contributed by atoms with E-state index < -0.39 is 40.6 Å². The number of nitrogens with zero attached hydrogens (tertiary/aromatic N) is 2. The van der Waals surface area contributed by atoms with Crippen molar-refractivity contribution in [3.63, 3.8) is 0 Å². The quantitative estimate of drug-likeness (QED) is 0.631. The fourth-order valence-electron chi connectivity index (χ4n) is 1.85. The van der Waals surface area contributed by atoms with Crippen molar-refractivity contribution in [3.8, 4) is 12.1 Å². The Morgan fingerprint density at radius 3 is 1.28 bits per heavy atom. The molecule has 2 nitrogen and oxygen atoms in total. The number of halogens is 6. The maximum absolute atomic E-state index is 12.6. The first-order valence-corrected chi connectivity index (χ1v) is 4.49. The average molecular weight is 266 g/mol. The monoisotopic (exact) mass is 266 g/mol. The molecule has 0 N–H and O–H groups in total. The second-order valence-corrected chi connectivity index (χ2v) is 3.52. The van der Waals surface area contributed by atoms with E-state index in [4.69, 9.17) is 10.5 Å². The molecule has 1 rings (SSSR count). The molecule has 1 aliphatic rings. The van der Waals surface area contributed by atoms with Crippen LogP contribution in [0.5, 0.6) is 0 Å². The molecular formula is C10H4F6N2. The van der Waals surface area contributed by atoms with Crippen LogP contribution in [0.1, 0.15) is 6.92 Å². The van der Waals surface area contributed by atoms with E-state index in [1.165, 1.54) is 0 Å². The highest BCUT2D eigenvalue weighted by Gasteiger charge is 2.53. The fraction of sp³-hybridized carbons (Fsp3) is 0.400. The lowest BCUT2D eigenvalue weighted by molar-refractivity contribution is -0.110. The number of hydrogen-bond acceptors (Lipinski definition) is 2. The van der Waals surface area contributed by atoms with Crippen LogP contribution in [-0.2, 0) is 0 Å². The summed E-state index contributed by atoms with van der Waals surface area (Å²) in [4.78, 5) is 0. The first-order chi connectivity index (χ1) is 8.05. The molecule has 0 saturated carbocycles. The van der Waals surface area contributed by atoms with Gasteiger partial charge < -0.3 is 0 Å². The van der Waals surface area contributed by atoms with Gasteiger partial charge in [0.05, 0.1) is 22.3 Å². The highest BCUT2D eigenvalue weighted by Crippen LogP contribution is 2.50. The molecule has 18 heavy (non-hydrogen) atoms. The van der Waals surface area contributed by atoms with E-state index in [1.807, 2.05) is 0 Å². The Bertz CT molecular complexity index is 473. The molecule has 8 heteroatoms. The first kappa shape index (κ1) is 14.1. The topological polar surface area (TPSA) is 47.6 Å². The Kier molecular flexibility index (Phi) is 3.18. The Balaban J connectivity index is 3.59. The van der Waals surface area contributed by atoms with E-state index in [1.54, 1.807) is 0 Å². The van der Waals surface area contributed by atoms with E-state index >= 15 is 0 Å². The third-order valence-corrected chi connectivity index (χ3v) is 2.49. The van der Waals surface area contributed by atoms with Crippen LogP contribution in [0.3, 0.4) is 0 Å². The standard InChI is InChI=1S/C10H4F6N2/c1-4-7(9(11,12)13)5(2-17)6(3-18)8(4)10(14,15)16/h4H,1H3. The maximum atomic E-state index is 12.6. The molecule has 0 amide bonds. The number of alkyl halides is 6. The van der Waals surface area contributed by atoms with Crippen LogP contribution in [0.25, 0.3) is 0 Å². The Hall–Kier alpha value is -1.96. The minimum Gasteiger partial charge on any atom is -0.192 e.